The molecule has 2 radical (unpaired) electrons. The first-order valence-electron chi connectivity index (χ1n) is 13.5. The molecule has 0 aliphatic heterocycles. The zero-order valence-corrected chi connectivity index (χ0v) is 29.4. The van der Waals surface area contributed by atoms with Crippen LogP contribution in [-0.2, 0) is 43.7 Å². The van der Waals surface area contributed by atoms with Gasteiger partial charge in [-0.2, -0.15) is 0 Å². The second kappa shape index (κ2) is 30.3. The van der Waals surface area contributed by atoms with E-state index in [-0.39, 0.29) is 34.1 Å². The standard InChI is InChI=1S/4C7H5FO2.2C3H7NO.2Cu/c4*8-6-4-2-1-3-5(6)7(9)10;2*1-4(2)3-5;;/h4*1-4H,(H,9,10);2*3H,1-2H3;;/q;;;;;;2*+2/p-4. The molecule has 0 spiro atoms. The van der Waals surface area contributed by atoms with Gasteiger partial charge < -0.3 is 49.4 Å². The Labute approximate surface area is 317 Å². The van der Waals surface area contributed by atoms with Gasteiger partial charge in [0, 0.05) is 50.4 Å². The maximum absolute atomic E-state index is 12.4. The van der Waals surface area contributed by atoms with Crippen molar-refractivity contribution in [3.63, 3.8) is 0 Å². The first-order chi connectivity index (χ1) is 23.4. The van der Waals surface area contributed by atoms with E-state index in [4.69, 9.17) is 0 Å². The van der Waals surface area contributed by atoms with E-state index >= 15 is 0 Å². The van der Waals surface area contributed by atoms with E-state index in [0.29, 0.717) is 0 Å². The Morgan fingerprint density at radius 2 is 0.558 bits per heavy atom. The van der Waals surface area contributed by atoms with Crippen LogP contribution in [0, 0.1) is 23.3 Å². The molecule has 12 nitrogen and oxygen atoms in total. The first kappa shape index (κ1) is 53.3. The van der Waals surface area contributed by atoms with Crippen LogP contribution in [0.5, 0.6) is 0 Å². The van der Waals surface area contributed by atoms with Gasteiger partial charge in [0.2, 0.25) is 12.8 Å². The topological polar surface area (TPSA) is 201 Å². The number of carboxylic acids is 4. The second-order valence-corrected chi connectivity index (χ2v) is 9.21. The van der Waals surface area contributed by atoms with Crippen molar-refractivity contribution in [1.29, 1.82) is 0 Å². The number of hydrogen-bond acceptors (Lipinski definition) is 10. The molecule has 18 heteroatoms. The molecule has 4 aromatic carbocycles. The Hall–Kier alpha value is -5.54. The summed E-state index contributed by atoms with van der Waals surface area (Å²) in [6.45, 7) is 0. The Bertz CT molecular complexity index is 1460. The number of hydrogen-bond donors (Lipinski definition) is 0. The van der Waals surface area contributed by atoms with Crippen LogP contribution < -0.4 is 20.4 Å². The van der Waals surface area contributed by atoms with Gasteiger partial charge >= 0.3 is 34.1 Å². The number of benzene rings is 4. The van der Waals surface area contributed by atoms with E-state index < -0.39 is 69.4 Å². The van der Waals surface area contributed by atoms with E-state index in [1.807, 2.05) is 0 Å². The number of carbonyl (C=O) groups excluding carboxylic acids is 6. The fourth-order valence-corrected chi connectivity index (χ4v) is 2.51. The van der Waals surface area contributed by atoms with E-state index in [2.05, 4.69) is 0 Å². The normalized spacial score (nSPS) is 8.46. The fourth-order valence-electron chi connectivity index (χ4n) is 2.51. The Balaban J connectivity index is -0.000000269. The summed E-state index contributed by atoms with van der Waals surface area (Å²) in [4.78, 5) is 62.0. The van der Waals surface area contributed by atoms with Gasteiger partial charge in [0.1, 0.15) is 23.3 Å². The quantitative estimate of drug-likeness (QED) is 0.147. The van der Waals surface area contributed by atoms with Crippen LogP contribution >= 0.6 is 0 Å². The van der Waals surface area contributed by atoms with Crippen LogP contribution in [0.2, 0.25) is 0 Å². The van der Waals surface area contributed by atoms with E-state index in [0.717, 1.165) is 61.4 Å². The maximum Gasteiger partial charge on any atom is 2.00 e. The van der Waals surface area contributed by atoms with Crippen LogP contribution in [0.4, 0.5) is 17.6 Å². The van der Waals surface area contributed by atoms with E-state index in [1.54, 1.807) is 28.2 Å². The Kier molecular flexibility index (Phi) is 31.0. The van der Waals surface area contributed by atoms with Crippen molar-refractivity contribution in [1.82, 2.24) is 9.80 Å². The minimum atomic E-state index is -1.49. The van der Waals surface area contributed by atoms with Crippen molar-refractivity contribution < 1.29 is 101 Å². The molecule has 0 heterocycles. The number of carbonyl (C=O) groups is 6. The van der Waals surface area contributed by atoms with Crippen molar-refractivity contribution >= 4 is 36.7 Å². The zero-order valence-electron chi connectivity index (χ0n) is 27.5. The van der Waals surface area contributed by atoms with Crippen molar-refractivity contribution in [3.05, 3.63) is 143 Å². The first-order valence-corrected chi connectivity index (χ1v) is 13.5. The molecule has 0 N–H and O–H groups in total. The smallest absolute Gasteiger partial charge is 0.545 e. The molecule has 0 aliphatic carbocycles. The van der Waals surface area contributed by atoms with Crippen molar-refractivity contribution in [2.75, 3.05) is 28.2 Å². The number of halogens is 4. The molecule has 4 rings (SSSR count). The van der Waals surface area contributed by atoms with Crippen LogP contribution in [0.15, 0.2) is 97.1 Å². The van der Waals surface area contributed by atoms with Crippen molar-refractivity contribution in [2.45, 2.75) is 0 Å². The predicted octanol–water partition coefficient (Wildman–Crippen LogP) is 0.161. The van der Waals surface area contributed by atoms with Crippen LogP contribution in [0.1, 0.15) is 41.4 Å². The van der Waals surface area contributed by atoms with Gasteiger partial charge in [0.25, 0.3) is 0 Å². The van der Waals surface area contributed by atoms with E-state index in [1.165, 1.54) is 58.3 Å². The molecule has 4 aromatic rings. The molecule has 52 heavy (non-hydrogen) atoms. The maximum atomic E-state index is 12.4. The van der Waals surface area contributed by atoms with Gasteiger partial charge in [-0.25, -0.2) is 17.6 Å². The van der Waals surface area contributed by atoms with Crippen LogP contribution in [0.25, 0.3) is 0 Å². The summed E-state index contributed by atoms with van der Waals surface area (Å²) in [5.41, 5.74) is -1.60. The summed E-state index contributed by atoms with van der Waals surface area (Å²) in [6.07, 6.45) is 1.50. The number of nitrogens with zero attached hydrogens (tertiary/aromatic N) is 2. The molecule has 0 saturated carbocycles. The van der Waals surface area contributed by atoms with Gasteiger partial charge in [0.05, 0.1) is 23.9 Å². The summed E-state index contributed by atoms with van der Waals surface area (Å²) in [5.74, 6) is -9.00. The third kappa shape index (κ3) is 24.6. The van der Waals surface area contributed by atoms with Crippen molar-refractivity contribution in [3.8, 4) is 0 Å². The second-order valence-electron chi connectivity index (χ2n) is 9.21. The SMILES string of the molecule is CN(C)C=O.CN(C)C=O.O=C([O-])c1ccccc1F.O=C([O-])c1ccccc1F.O=C([O-])c1ccccc1F.O=C([O-])c1ccccc1F.[Cu+2].[Cu+2]. The molecule has 0 aromatic heterocycles. The van der Waals surface area contributed by atoms with Gasteiger partial charge in [-0.1, -0.05) is 72.8 Å². The predicted molar refractivity (Wildman–Crippen MR) is 162 cm³/mol. The summed E-state index contributed by atoms with van der Waals surface area (Å²) < 4.78 is 49.7. The average Bonchev–Trinajstić information content (AvgIpc) is 3.06. The van der Waals surface area contributed by atoms with Gasteiger partial charge in [-0.15, -0.1) is 0 Å². The molecule has 0 atom stereocenters. The summed E-state index contributed by atoms with van der Waals surface area (Å²) >= 11 is 0. The summed E-state index contributed by atoms with van der Waals surface area (Å²) in [6, 6.07) is 20.4. The van der Waals surface area contributed by atoms with Gasteiger partial charge in [-0.3, -0.25) is 9.59 Å². The Morgan fingerprint density at radius 1 is 0.423 bits per heavy atom. The Morgan fingerprint density at radius 3 is 0.635 bits per heavy atom. The zero-order chi connectivity index (χ0) is 38.8. The monoisotopic (exact) mass is 828 g/mol. The molecular formula is C34H30Cu2F4N2O10. The molecular weight excluding hydrogens is 799 g/mol. The molecule has 2 amide bonds. The average molecular weight is 830 g/mol. The molecule has 286 valence electrons. The van der Waals surface area contributed by atoms with Gasteiger partial charge in [-0.05, 0) is 24.3 Å². The fraction of sp³-hybridized carbons (Fsp3) is 0.118. The van der Waals surface area contributed by atoms with Gasteiger partial charge in [0.15, 0.2) is 0 Å². The number of aromatic carboxylic acids is 4. The minimum absolute atomic E-state index is 0. The minimum Gasteiger partial charge on any atom is -0.545 e. The summed E-state index contributed by atoms with van der Waals surface area (Å²) in [7, 11) is 6.75. The number of carboxylic acid groups (broad SMARTS) is 4. The van der Waals surface area contributed by atoms with Crippen molar-refractivity contribution in [2.24, 2.45) is 0 Å². The largest absolute Gasteiger partial charge is 2.00 e. The van der Waals surface area contributed by atoms with Crippen LogP contribution in [-0.4, -0.2) is 74.7 Å². The molecule has 0 fully saturated rings. The van der Waals surface area contributed by atoms with Crippen LogP contribution in [0.3, 0.4) is 0 Å². The number of rotatable bonds is 6. The number of amides is 2. The molecule has 0 saturated heterocycles. The third-order valence-corrected chi connectivity index (χ3v) is 4.80. The van der Waals surface area contributed by atoms with E-state index in [9.17, 15) is 66.8 Å². The summed E-state index contributed by atoms with van der Waals surface area (Å²) in [5, 5.41) is 40.3. The third-order valence-electron chi connectivity index (χ3n) is 4.80. The molecule has 0 unspecified atom stereocenters. The molecule has 0 aliphatic rings. The molecule has 0 bridgehead atoms.